The Kier molecular flexibility index (Phi) is 5.10. The van der Waals surface area contributed by atoms with E-state index in [1.807, 2.05) is 50.8 Å². The van der Waals surface area contributed by atoms with Gasteiger partial charge in [-0.15, -0.1) is 0 Å². The van der Waals surface area contributed by atoms with Crippen LogP contribution >= 0.6 is 11.3 Å². The van der Waals surface area contributed by atoms with E-state index in [2.05, 4.69) is 10.3 Å². The van der Waals surface area contributed by atoms with E-state index in [0.29, 0.717) is 33.3 Å². The molecule has 1 spiro atoms. The molecule has 2 aromatic heterocycles. The van der Waals surface area contributed by atoms with Crippen LogP contribution in [0, 0.1) is 6.92 Å². The van der Waals surface area contributed by atoms with Gasteiger partial charge in [0.1, 0.15) is 4.70 Å². The van der Waals surface area contributed by atoms with Crippen LogP contribution in [0.5, 0.6) is 0 Å². The van der Waals surface area contributed by atoms with Crippen LogP contribution < -0.4 is 5.32 Å². The van der Waals surface area contributed by atoms with Crippen molar-refractivity contribution >= 4 is 38.6 Å². The number of carbonyl (C=O) groups is 2. The summed E-state index contributed by atoms with van der Waals surface area (Å²) in [5, 5.41) is 8.10. The summed E-state index contributed by atoms with van der Waals surface area (Å²) in [5.74, 6) is -0.299. The summed E-state index contributed by atoms with van der Waals surface area (Å²) in [4.78, 5) is 33.2. The van der Waals surface area contributed by atoms with Crippen molar-refractivity contribution in [1.29, 1.82) is 0 Å². The first-order valence-electron chi connectivity index (χ1n) is 11.3. The fraction of sp³-hybridized carbons (Fsp3) is 0.500. The third-order valence-electron chi connectivity index (χ3n) is 6.71. The summed E-state index contributed by atoms with van der Waals surface area (Å²) < 4.78 is 8.08. The van der Waals surface area contributed by atoms with Gasteiger partial charge in [0.15, 0.2) is 16.5 Å². The van der Waals surface area contributed by atoms with E-state index < -0.39 is 0 Å². The zero-order valence-corrected chi connectivity index (χ0v) is 20.5. The molecule has 33 heavy (non-hydrogen) atoms. The zero-order valence-electron chi connectivity index (χ0n) is 19.6. The molecular formula is C24H29N5O3S. The van der Waals surface area contributed by atoms with Crippen molar-refractivity contribution in [2.45, 2.75) is 64.1 Å². The maximum absolute atomic E-state index is 13.7. The number of thiazole rings is 1. The van der Waals surface area contributed by atoms with Crippen molar-refractivity contribution in [2.24, 2.45) is 0 Å². The molecule has 0 radical (unpaired) electrons. The summed E-state index contributed by atoms with van der Waals surface area (Å²) in [6.45, 7) is 8.68. The van der Waals surface area contributed by atoms with Crippen LogP contribution in [-0.4, -0.2) is 56.8 Å². The third kappa shape index (κ3) is 3.54. The predicted molar refractivity (Wildman–Crippen MR) is 128 cm³/mol. The molecule has 3 heterocycles. The minimum Gasteiger partial charge on any atom is -0.379 e. The third-order valence-corrected chi connectivity index (χ3v) is 7.68. The second-order valence-electron chi connectivity index (χ2n) is 9.96. The Labute approximate surface area is 196 Å². The number of carbonyl (C=O) groups excluding carboxylic acids is 2. The van der Waals surface area contributed by atoms with Gasteiger partial charge in [0.2, 0.25) is 0 Å². The number of likely N-dealkylation sites (tertiary alicyclic amines) is 1. The average Bonchev–Trinajstić information content (AvgIpc) is 3.04. The first-order chi connectivity index (χ1) is 15.7. The van der Waals surface area contributed by atoms with Crippen LogP contribution in [-0.2, 0) is 10.3 Å². The second-order valence-corrected chi connectivity index (χ2v) is 11.0. The molecular weight excluding hydrogens is 438 g/mol. The highest BCUT2D eigenvalue weighted by Gasteiger charge is 2.62. The quantitative estimate of drug-likeness (QED) is 0.621. The molecule has 2 aliphatic rings. The topological polar surface area (TPSA) is 89.3 Å². The molecule has 8 nitrogen and oxygen atoms in total. The number of fused-ring (bicyclic) bond motifs is 1. The highest BCUT2D eigenvalue weighted by Crippen LogP contribution is 2.52. The molecule has 1 aliphatic carbocycles. The summed E-state index contributed by atoms with van der Waals surface area (Å²) in [6, 6.07) is 7.43. The molecule has 5 rings (SSSR count). The van der Waals surface area contributed by atoms with Crippen molar-refractivity contribution in [3.05, 3.63) is 41.1 Å². The highest BCUT2D eigenvalue weighted by atomic mass is 32.1. The number of hydrogen-bond donors (Lipinski definition) is 1. The molecule has 2 fully saturated rings. The molecule has 2 atom stereocenters. The van der Waals surface area contributed by atoms with Gasteiger partial charge in [-0.2, -0.15) is 10.1 Å². The maximum Gasteiger partial charge on any atom is 0.276 e. The summed E-state index contributed by atoms with van der Waals surface area (Å²) in [6.07, 6.45) is 2.89. The van der Waals surface area contributed by atoms with Gasteiger partial charge in [0, 0.05) is 25.6 Å². The van der Waals surface area contributed by atoms with Gasteiger partial charge in [-0.05, 0) is 52.2 Å². The molecule has 1 saturated heterocycles. The standard InChI is InChI=1S/C24H29N5O3S/c1-14-9-6-7-10-15(14)20(30)26-22-25-19-18(33-22)17(27-29(19)23(2,3)4)21(31)28-12-8-11-24(28)13-16(24)32-5/h6-7,9-10,16H,8,11-13H2,1-5H3,(H,25,26,30). The Morgan fingerprint density at radius 3 is 2.70 bits per heavy atom. The van der Waals surface area contributed by atoms with E-state index in [4.69, 9.17) is 9.84 Å². The van der Waals surface area contributed by atoms with E-state index in [1.54, 1.807) is 17.9 Å². The largest absolute Gasteiger partial charge is 0.379 e. The SMILES string of the molecule is COC1CC12CCCN2C(=O)c1nn(C(C)(C)C)c2nc(NC(=O)c3ccccc3C)sc12. The molecule has 2 unspecified atom stereocenters. The van der Waals surface area contributed by atoms with Crippen molar-refractivity contribution in [1.82, 2.24) is 19.7 Å². The molecule has 1 aliphatic heterocycles. The van der Waals surface area contributed by atoms with Crippen LogP contribution in [0.15, 0.2) is 24.3 Å². The lowest BCUT2D eigenvalue weighted by Gasteiger charge is -2.24. The second kappa shape index (κ2) is 7.63. The minimum absolute atomic E-state index is 0.0829. The molecule has 1 aromatic carbocycles. The van der Waals surface area contributed by atoms with Gasteiger partial charge in [-0.1, -0.05) is 29.5 Å². The number of benzene rings is 1. The number of nitrogens with zero attached hydrogens (tertiary/aromatic N) is 4. The van der Waals surface area contributed by atoms with Crippen LogP contribution in [0.2, 0.25) is 0 Å². The Morgan fingerprint density at radius 2 is 2.03 bits per heavy atom. The molecule has 1 N–H and O–H groups in total. The number of ether oxygens (including phenoxy) is 1. The number of rotatable bonds is 4. The number of aromatic nitrogens is 3. The van der Waals surface area contributed by atoms with Gasteiger partial charge >= 0.3 is 0 Å². The van der Waals surface area contributed by atoms with Crippen molar-refractivity contribution in [3.63, 3.8) is 0 Å². The highest BCUT2D eigenvalue weighted by molar-refractivity contribution is 7.22. The summed E-state index contributed by atoms with van der Waals surface area (Å²) in [5.41, 5.74) is 1.93. The zero-order chi connectivity index (χ0) is 23.5. The maximum atomic E-state index is 13.7. The van der Waals surface area contributed by atoms with E-state index in [-0.39, 0.29) is 29.0 Å². The Bertz CT molecular complexity index is 1260. The summed E-state index contributed by atoms with van der Waals surface area (Å²) in [7, 11) is 1.71. The van der Waals surface area contributed by atoms with Crippen molar-refractivity contribution < 1.29 is 14.3 Å². The smallest absolute Gasteiger partial charge is 0.276 e. The van der Waals surface area contributed by atoms with Gasteiger partial charge in [-0.25, -0.2) is 4.68 Å². The normalized spacial score (nSPS) is 22.3. The van der Waals surface area contributed by atoms with E-state index in [9.17, 15) is 9.59 Å². The molecule has 3 aromatic rings. The number of hydrogen-bond acceptors (Lipinski definition) is 6. The van der Waals surface area contributed by atoms with E-state index in [0.717, 1.165) is 24.8 Å². The van der Waals surface area contributed by atoms with Gasteiger partial charge in [0.25, 0.3) is 11.8 Å². The molecule has 1 saturated carbocycles. The van der Waals surface area contributed by atoms with Gasteiger partial charge in [0.05, 0.1) is 17.2 Å². The average molecular weight is 468 g/mol. The van der Waals surface area contributed by atoms with Crippen LogP contribution in [0.25, 0.3) is 10.3 Å². The number of aryl methyl sites for hydroxylation is 1. The number of anilines is 1. The van der Waals surface area contributed by atoms with E-state index >= 15 is 0 Å². The van der Waals surface area contributed by atoms with Crippen LogP contribution in [0.3, 0.4) is 0 Å². The first-order valence-corrected chi connectivity index (χ1v) is 12.1. The first kappa shape index (κ1) is 22.0. The Balaban J connectivity index is 1.52. The van der Waals surface area contributed by atoms with Gasteiger partial charge in [-0.3, -0.25) is 14.9 Å². The fourth-order valence-corrected chi connectivity index (χ4v) is 5.82. The van der Waals surface area contributed by atoms with Crippen molar-refractivity contribution in [2.75, 3.05) is 19.0 Å². The number of nitrogens with one attached hydrogen (secondary N) is 1. The Hall–Kier alpha value is -2.78. The van der Waals surface area contributed by atoms with Crippen LogP contribution in [0.1, 0.15) is 66.4 Å². The molecule has 174 valence electrons. The number of amides is 2. The Morgan fingerprint density at radius 1 is 1.27 bits per heavy atom. The molecule has 2 amide bonds. The fourth-order valence-electron chi connectivity index (χ4n) is 4.90. The van der Waals surface area contributed by atoms with Gasteiger partial charge < -0.3 is 9.64 Å². The monoisotopic (exact) mass is 467 g/mol. The van der Waals surface area contributed by atoms with E-state index in [1.165, 1.54) is 11.3 Å². The van der Waals surface area contributed by atoms with Crippen LogP contribution in [0.4, 0.5) is 5.13 Å². The predicted octanol–water partition coefficient (Wildman–Crippen LogP) is 4.20. The molecule has 0 bridgehead atoms. The lowest BCUT2D eigenvalue weighted by Crippen LogP contribution is -2.40. The lowest BCUT2D eigenvalue weighted by atomic mass is 10.1. The summed E-state index contributed by atoms with van der Waals surface area (Å²) >= 11 is 1.30. The molecule has 9 heteroatoms. The van der Waals surface area contributed by atoms with Crippen molar-refractivity contribution in [3.8, 4) is 0 Å². The number of methoxy groups -OCH3 is 1. The lowest BCUT2D eigenvalue weighted by molar-refractivity contribution is 0.0615. The minimum atomic E-state index is -0.376.